The number of hydrogen-bond donors (Lipinski definition) is 1. The number of anilines is 1. The van der Waals surface area contributed by atoms with Crippen molar-refractivity contribution in [1.82, 2.24) is 4.98 Å². The topological polar surface area (TPSA) is 24.9 Å². The average Bonchev–Trinajstić information content (AvgIpc) is 2.39. The van der Waals surface area contributed by atoms with Crippen LogP contribution in [0.25, 0.3) is 5.57 Å². The van der Waals surface area contributed by atoms with Crippen molar-refractivity contribution >= 4 is 11.4 Å². The summed E-state index contributed by atoms with van der Waals surface area (Å²) in [5, 5.41) is 3.39. The second kappa shape index (κ2) is 6.05. The van der Waals surface area contributed by atoms with Gasteiger partial charge < -0.3 is 5.32 Å². The first-order valence-electron chi connectivity index (χ1n) is 7.21. The molecule has 0 saturated carbocycles. The zero-order valence-electron chi connectivity index (χ0n) is 12.5. The SMILES string of the molecule is CCCNc1cc(C)cc(C2=C(C)C(C)=CCC2)n1. The Morgan fingerprint density at radius 3 is 2.74 bits per heavy atom. The number of rotatable bonds is 4. The number of hydrogen-bond acceptors (Lipinski definition) is 2. The van der Waals surface area contributed by atoms with Crippen LogP contribution in [0.4, 0.5) is 5.82 Å². The van der Waals surface area contributed by atoms with Crippen molar-refractivity contribution in [3.8, 4) is 0 Å². The van der Waals surface area contributed by atoms with Gasteiger partial charge in [-0.3, -0.25) is 0 Å². The third-order valence-corrected chi connectivity index (χ3v) is 3.72. The molecular formula is C17H24N2. The molecule has 0 fully saturated rings. The second-order valence-electron chi connectivity index (χ2n) is 5.37. The Balaban J connectivity index is 2.37. The lowest BCUT2D eigenvalue weighted by atomic mass is 9.90. The Morgan fingerprint density at radius 1 is 1.21 bits per heavy atom. The lowest BCUT2D eigenvalue weighted by molar-refractivity contribution is 0.960. The van der Waals surface area contributed by atoms with E-state index < -0.39 is 0 Å². The lowest BCUT2D eigenvalue weighted by Gasteiger charge is -2.18. The summed E-state index contributed by atoms with van der Waals surface area (Å²) in [6, 6.07) is 4.33. The van der Waals surface area contributed by atoms with Crippen LogP contribution in [-0.2, 0) is 0 Å². The largest absolute Gasteiger partial charge is 0.370 e. The summed E-state index contributed by atoms with van der Waals surface area (Å²) in [5.74, 6) is 1.00. The monoisotopic (exact) mass is 256 g/mol. The van der Waals surface area contributed by atoms with Gasteiger partial charge in [-0.25, -0.2) is 4.98 Å². The van der Waals surface area contributed by atoms with Gasteiger partial charge in [-0.05, 0) is 68.9 Å². The van der Waals surface area contributed by atoms with E-state index in [4.69, 9.17) is 4.98 Å². The van der Waals surface area contributed by atoms with Crippen molar-refractivity contribution in [2.75, 3.05) is 11.9 Å². The Labute approximate surface area is 116 Å². The van der Waals surface area contributed by atoms with Crippen LogP contribution in [0.2, 0.25) is 0 Å². The number of nitrogens with zero attached hydrogens (tertiary/aromatic N) is 1. The average molecular weight is 256 g/mol. The number of nitrogens with one attached hydrogen (secondary N) is 1. The summed E-state index contributed by atoms with van der Waals surface area (Å²) < 4.78 is 0. The molecule has 2 nitrogen and oxygen atoms in total. The highest BCUT2D eigenvalue weighted by Gasteiger charge is 2.13. The quantitative estimate of drug-likeness (QED) is 0.842. The molecule has 1 heterocycles. The van der Waals surface area contributed by atoms with E-state index in [9.17, 15) is 0 Å². The minimum atomic E-state index is 0.979. The number of aromatic nitrogens is 1. The fourth-order valence-corrected chi connectivity index (χ4v) is 2.50. The Bertz CT molecular complexity index is 524. The molecule has 1 aliphatic carbocycles. The third-order valence-electron chi connectivity index (χ3n) is 3.72. The highest BCUT2D eigenvalue weighted by Crippen LogP contribution is 2.32. The van der Waals surface area contributed by atoms with Crippen LogP contribution in [0.3, 0.4) is 0 Å². The molecule has 1 aromatic rings. The Morgan fingerprint density at radius 2 is 2.00 bits per heavy atom. The van der Waals surface area contributed by atoms with Crippen LogP contribution in [-0.4, -0.2) is 11.5 Å². The van der Waals surface area contributed by atoms with Gasteiger partial charge >= 0.3 is 0 Å². The molecule has 19 heavy (non-hydrogen) atoms. The van der Waals surface area contributed by atoms with Crippen molar-refractivity contribution in [3.63, 3.8) is 0 Å². The van der Waals surface area contributed by atoms with Crippen LogP contribution < -0.4 is 5.32 Å². The second-order valence-corrected chi connectivity index (χ2v) is 5.37. The van der Waals surface area contributed by atoms with Crippen molar-refractivity contribution in [2.24, 2.45) is 0 Å². The molecule has 2 rings (SSSR count). The summed E-state index contributed by atoms with van der Waals surface area (Å²) in [6.07, 6.45) is 5.68. The summed E-state index contributed by atoms with van der Waals surface area (Å²) in [6.45, 7) is 9.70. The molecule has 0 aliphatic heterocycles. The van der Waals surface area contributed by atoms with Gasteiger partial charge in [0.05, 0.1) is 5.69 Å². The maximum absolute atomic E-state index is 4.78. The Hall–Kier alpha value is -1.57. The fraction of sp³-hybridized carbons (Fsp3) is 0.471. The van der Waals surface area contributed by atoms with Gasteiger partial charge in [-0.15, -0.1) is 0 Å². The molecular weight excluding hydrogens is 232 g/mol. The molecule has 0 atom stereocenters. The van der Waals surface area contributed by atoms with Crippen LogP contribution in [0, 0.1) is 6.92 Å². The molecule has 0 unspecified atom stereocenters. The summed E-state index contributed by atoms with van der Waals surface area (Å²) in [5.41, 5.74) is 6.61. The summed E-state index contributed by atoms with van der Waals surface area (Å²) >= 11 is 0. The molecule has 2 heteroatoms. The van der Waals surface area contributed by atoms with Crippen LogP contribution >= 0.6 is 0 Å². The molecule has 1 aromatic heterocycles. The van der Waals surface area contributed by atoms with E-state index in [1.165, 1.54) is 22.3 Å². The molecule has 1 N–H and O–H groups in total. The van der Waals surface area contributed by atoms with E-state index in [-0.39, 0.29) is 0 Å². The molecule has 0 saturated heterocycles. The van der Waals surface area contributed by atoms with Gasteiger partial charge in [0.1, 0.15) is 5.82 Å². The van der Waals surface area contributed by atoms with Crippen LogP contribution in [0.1, 0.15) is 51.3 Å². The van der Waals surface area contributed by atoms with E-state index >= 15 is 0 Å². The third kappa shape index (κ3) is 3.25. The van der Waals surface area contributed by atoms with E-state index in [1.54, 1.807) is 0 Å². The minimum Gasteiger partial charge on any atom is -0.370 e. The van der Waals surface area contributed by atoms with Gasteiger partial charge in [0.15, 0.2) is 0 Å². The number of aryl methyl sites for hydroxylation is 1. The van der Waals surface area contributed by atoms with Gasteiger partial charge in [0.2, 0.25) is 0 Å². The molecule has 0 bridgehead atoms. The smallest absolute Gasteiger partial charge is 0.126 e. The van der Waals surface area contributed by atoms with Crippen molar-refractivity contribution in [1.29, 1.82) is 0 Å². The zero-order chi connectivity index (χ0) is 13.8. The highest BCUT2D eigenvalue weighted by molar-refractivity contribution is 5.72. The first kappa shape index (κ1) is 13.9. The van der Waals surface area contributed by atoms with Crippen LogP contribution in [0.5, 0.6) is 0 Å². The van der Waals surface area contributed by atoms with E-state index in [0.717, 1.165) is 37.3 Å². The van der Waals surface area contributed by atoms with E-state index in [1.807, 2.05) is 0 Å². The first-order chi connectivity index (χ1) is 9.11. The van der Waals surface area contributed by atoms with Gasteiger partial charge in [-0.1, -0.05) is 18.6 Å². The normalized spacial score (nSPS) is 15.5. The standard InChI is InChI=1S/C17H24N2/c1-5-9-18-17-11-12(2)10-16(19-17)15-8-6-7-13(3)14(15)4/h7,10-11H,5-6,8-9H2,1-4H3,(H,18,19). The molecule has 0 amide bonds. The molecule has 102 valence electrons. The van der Waals surface area contributed by atoms with Gasteiger partial charge in [0.25, 0.3) is 0 Å². The van der Waals surface area contributed by atoms with Crippen LogP contribution in [0.15, 0.2) is 29.4 Å². The first-order valence-corrected chi connectivity index (χ1v) is 7.21. The predicted octanol–water partition coefficient (Wildman–Crippen LogP) is 4.73. The zero-order valence-corrected chi connectivity index (χ0v) is 12.5. The van der Waals surface area contributed by atoms with Crippen molar-refractivity contribution in [3.05, 3.63) is 40.6 Å². The highest BCUT2D eigenvalue weighted by atomic mass is 15.0. The van der Waals surface area contributed by atoms with Crippen molar-refractivity contribution < 1.29 is 0 Å². The molecule has 0 aromatic carbocycles. The predicted molar refractivity (Wildman–Crippen MR) is 83.3 cm³/mol. The summed E-state index contributed by atoms with van der Waals surface area (Å²) in [4.78, 5) is 4.78. The molecule has 0 radical (unpaired) electrons. The van der Waals surface area contributed by atoms with Crippen molar-refractivity contribution in [2.45, 2.75) is 47.0 Å². The molecule has 1 aliphatic rings. The summed E-state index contributed by atoms with van der Waals surface area (Å²) in [7, 11) is 0. The number of pyridine rings is 1. The lowest BCUT2D eigenvalue weighted by Crippen LogP contribution is -2.05. The number of allylic oxidation sites excluding steroid dienone is 4. The maximum Gasteiger partial charge on any atom is 0.126 e. The van der Waals surface area contributed by atoms with Gasteiger partial charge in [-0.2, -0.15) is 0 Å². The Kier molecular flexibility index (Phi) is 4.41. The minimum absolute atomic E-state index is 0.979. The van der Waals surface area contributed by atoms with E-state index in [0.29, 0.717) is 0 Å². The fourth-order valence-electron chi connectivity index (χ4n) is 2.50. The van der Waals surface area contributed by atoms with E-state index in [2.05, 4.69) is 51.2 Å². The maximum atomic E-state index is 4.78. The molecule has 0 spiro atoms. The van der Waals surface area contributed by atoms with Gasteiger partial charge in [0, 0.05) is 6.54 Å².